The first-order valence-electron chi connectivity index (χ1n) is 14.6. The highest BCUT2D eigenvalue weighted by atomic mass is 32.2. The molecular weight excluding hydrogens is 579 g/mol. The van der Waals surface area contributed by atoms with E-state index in [4.69, 9.17) is 14.2 Å². The van der Waals surface area contributed by atoms with Crippen molar-refractivity contribution < 1.29 is 41.7 Å². The third-order valence-corrected chi connectivity index (χ3v) is 9.96. The van der Waals surface area contributed by atoms with Gasteiger partial charge in [-0.25, -0.2) is 12.8 Å². The first-order chi connectivity index (χ1) is 20.4. The summed E-state index contributed by atoms with van der Waals surface area (Å²) in [6.07, 6.45) is -0.963. The van der Waals surface area contributed by atoms with Gasteiger partial charge < -0.3 is 24.6 Å². The number of amides is 1. The zero-order valence-electron chi connectivity index (χ0n) is 24.8. The van der Waals surface area contributed by atoms with Gasteiger partial charge in [0.2, 0.25) is 15.9 Å². The Kier molecular flexibility index (Phi) is 10.9. The number of carbonyl (C=O) groups excluding carboxylic acids is 2. The summed E-state index contributed by atoms with van der Waals surface area (Å²) in [6.45, 7) is 5.04. The van der Waals surface area contributed by atoms with Gasteiger partial charge in [0, 0.05) is 37.0 Å². The number of methoxy groups -OCH3 is 1. The fourth-order valence-corrected chi connectivity index (χ4v) is 6.83. The first-order valence-corrected chi connectivity index (χ1v) is 16.0. The van der Waals surface area contributed by atoms with Gasteiger partial charge in [-0.2, -0.15) is 4.31 Å². The number of rotatable bonds is 12. The van der Waals surface area contributed by atoms with Crippen LogP contribution >= 0.6 is 0 Å². The number of hydrogen-bond acceptors (Lipinski definition) is 8. The Bertz CT molecular complexity index is 1340. The fourth-order valence-electron chi connectivity index (χ4n) is 5.36. The number of benzene rings is 2. The van der Waals surface area contributed by atoms with Gasteiger partial charge in [0.15, 0.2) is 12.1 Å². The molecule has 3 atom stereocenters. The largest absolute Gasteiger partial charge is 0.497 e. The predicted octanol–water partition coefficient (Wildman–Crippen LogP) is 3.59. The third-order valence-electron chi connectivity index (χ3n) is 8.05. The Morgan fingerprint density at radius 3 is 2.40 bits per heavy atom. The average molecular weight is 621 g/mol. The number of carbonyl (C=O) groups is 2. The summed E-state index contributed by atoms with van der Waals surface area (Å²) < 4.78 is 57.3. The van der Waals surface area contributed by atoms with E-state index >= 15 is 0 Å². The standard InChI is InChI=1S/C31H41FN2O8S/c1-31(2)20-41-30(22-7-11-24(40-3)12-8-22)42-28(31)26(35)5-4-6-27(36)29(37)33-19-21-15-17-34(18-16-21)43(38,39)25-13-9-23(32)10-14-25/h7-14,21,27-28,30,36H,4-6,15-20H2,1-3H3,(H,33,37)/t27?,28-,30?/m0/s1. The highest BCUT2D eigenvalue weighted by Gasteiger charge is 2.42. The maximum absolute atomic E-state index is 13.2. The monoisotopic (exact) mass is 620 g/mol. The molecule has 0 bridgehead atoms. The average Bonchev–Trinajstić information content (AvgIpc) is 3.00. The molecule has 0 radical (unpaired) electrons. The number of halogens is 1. The summed E-state index contributed by atoms with van der Waals surface area (Å²) in [5, 5.41) is 13.2. The smallest absolute Gasteiger partial charge is 0.248 e. The van der Waals surface area contributed by atoms with E-state index in [1.807, 2.05) is 26.0 Å². The second-order valence-electron chi connectivity index (χ2n) is 11.8. The maximum Gasteiger partial charge on any atom is 0.248 e. The molecule has 236 valence electrons. The van der Waals surface area contributed by atoms with Crippen molar-refractivity contribution in [2.45, 2.75) is 69.3 Å². The van der Waals surface area contributed by atoms with Crippen molar-refractivity contribution in [3.63, 3.8) is 0 Å². The van der Waals surface area contributed by atoms with Crippen LogP contribution in [0.5, 0.6) is 5.75 Å². The van der Waals surface area contributed by atoms with Crippen LogP contribution in [0.1, 0.15) is 57.8 Å². The Labute approximate surface area is 252 Å². The number of aliphatic hydroxyl groups is 1. The van der Waals surface area contributed by atoms with Crippen LogP contribution in [0.2, 0.25) is 0 Å². The molecule has 2 fully saturated rings. The van der Waals surface area contributed by atoms with Crippen LogP contribution in [0, 0.1) is 17.2 Å². The van der Waals surface area contributed by atoms with Crippen molar-refractivity contribution in [2.24, 2.45) is 11.3 Å². The number of ketones is 1. The summed E-state index contributed by atoms with van der Waals surface area (Å²) in [4.78, 5) is 25.7. The second-order valence-corrected chi connectivity index (χ2v) is 13.8. The Morgan fingerprint density at radius 2 is 1.77 bits per heavy atom. The number of Topliss-reactive ketones (excluding diaryl/α,β-unsaturated/α-hetero) is 1. The summed E-state index contributed by atoms with van der Waals surface area (Å²) in [6, 6.07) is 12.0. The molecule has 0 aliphatic carbocycles. The van der Waals surface area contributed by atoms with Gasteiger partial charge in [-0.1, -0.05) is 26.0 Å². The molecular formula is C31H41FN2O8S. The Balaban J connectivity index is 1.18. The molecule has 43 heavy (non-hydrogen) atoms. The van der Waals surface area contributed by atoms with Gasteiger partial charge in [0.05, 0.1) is 18.6 Å². The molecule has 2 aromatic carbocycles. The summed E-state index contributed by atoms with van der Waals surface area (Å²) in [5.41, 5.74) is 0.241. The third kappa shape index (κ3) is 8.39. The van der Waals surface area contributed by atoms with E-state index < -0.39 is 45.7 Å². The van der Waals surface area contributed by atoms with Gasteiger partial charge in [-0.15, -0.1) is 0 Å². The zero-order valence-corrected chi connectivity index (χ0v) is 25.6. The Morgan fingerprint density at radius 1 is 1.12 bits per heavy atom. The number of aliphatic hydroxyl groups excluding tert-OH is 1. The topological polar surface area (TPSA) is 131 Å². The van der Waals surface area contributed by atoms with Crippen LogP contribution in [0.25, 0.3) is 0 Å². The minimum absolute atomic E-state index is 0.0475. The molecule has 2 aromatic rings. The SMILES string of the molecule is COc1ccc(C2OCC(C)(C)[C@H](C(=O)CCCC(O)C(=O)NCC3CCN(S(=O)(=O)c4ccc(F)cc4)CC3)O2)cc1. The highest BCUT2D eigenvalue weighted by Crippen LogP contribution is 2.38. The molecule has 12 heteroatoms. The number of ether oxygens (including phenoxy) is 3. The molecule has 0 spiro atoms. The molecule has 0 aromatic heterocycles. The van der Waals surface area contributed by atoms with Crippen LogP contribution in [-0.2, 0) is 29.1 Å². The quantitative estimate of drug-likeness (QED) is 0.368. The number of piperidine rings is 1. The lowest BCUT2D eigenvalue weighted by Gasteiger charge is -2.41. The van der Waals surface area contributed by atoms with E-state index in [1.54, 1.807) is 19.2 Å². The van der Waals surface area contributed by atoms with E-state index in [2.05, 4.69) is 5.32 Å². The fraction of sp³-hybridized carbons (Fsp3) is 0.548. The van der Waals surface area contributed by atoms with Crippen LogP contribution in [0.15, 0.2) is 53.4 Å². The van der Waals surface area contributed by atoms with E-state index in [0.717, 1.165) is 17.7 Å². The molecule has 0 saturated carbocycles. The number of nitrogens with zero attached hydrogens (tertiary/aromatic N) is 1. The minimum Gasteiger partial charge on any atom is -0.497 e. The van der Waals surface area contributed by atoms with Gasteiger partial charge in [-0.3, -0.25) is 9.59 Å². The van der Waals surface area contributed by atoms with Crippen LogP contribution in [-0.4, -0.2) is 75.1 Å². The summed E-state index contributed by atoms with van der Waals surface area (Å²) in [5.74, 6) is -0.366. The normalized spacial score (nSPS) is 22.1. The maximum atomic E-state index is 13.2. The predicted molar refractivity (Wildman–Crippen MR) is 156 cm³/mol. The number of sulfonamides is 1. The van der Waals surface area contributed by atoms with Crippen LogP contribution in [0.4, 0.5) is 4.39 Å². The molecule has 2 aliphatic heterocycles. The van der Waals surface area contributed by atoms with Gasteiger partial charge in [0.1, 0.15) is 23.8 Å². The molecule has 4 rings (SSSR count). The van der Waals surface area contributed by atoms with Crippen molar-refractivity contribution in [3.05, 3.63) is 59.9 Å². The van der Waals surface area contributed by atoms with Crippen molar-refractivity contribution in [1.82, 2.24) is 9.62 Å². The molecule has 2 N–H and O–H groups in total. The molecule has 2 unspecified atom stereocenters. The lowest BCUT2D eigenvalue weighted by Crippen LogP contribution is -2.47. The number of nitrogens with one attached hydrogen (secondary N) is 1. The molecule has 2 aliphatic rings. The van der Waals surface area contributed by atoms with Crippen LogP contribution < -0.4 is 10.1 Å². The Hall–Kier alpha value is -2.90. The van der Waals surface area contributed by atoms with Crippen molar-refractivity contribution >= 4 is 21.7 Å². The van der Waals surface area contributed by atoms with Crippen molar-refractivity contribution in [3.8, 4) is 5.75 Å². The van der Waals surface area contributed by atoms with E-state index in [9.17, 15) is 27.5 Å². The zero-order chi connectivity index (χ0) is 31.2. The first kappa shape index (κ1) is 33.0. The van der Waals surface area contributed by atoms with Crippen LogP contribution in [0.3, 0.4) is 0 Å². The minimum atomic E-state index is -3.71. The van der Waals surface area contributed by atoms with Gasteiger partial charge in [-0.05, 0) is 68.0 Å². The molecule has 1 amide bonds. The summed E-state index contributed by atoms with van der Waals surface area (Å²) in [7, 11) is -2.13. The number of hydrogen-bond donors (Lipinski definition) is 2. The molecule has 2 saturated heterocycles. The van der Waals surface area contributed by atoms with E-state index in [1.165, 1.54) is 16.4 Å². The van der Waals surface area contributed by atoms with Gasteiger partial charge in [0.25, 0.3) is 0 Å². The lowest BCUT2D eigenvalue weighted by molar-refractivity contribution is -0.257. The highest BCUT2D eigenvalue weighted by molar-refractivity contribution is 7.89. The van der Waals surface area contributed by atoms with Gasteiger partial charge >= 0.3 is 0 Å². The van der Waals surface area contributed by atoms with Crippen molar-refractivity contribution in [1.29, 1.82) is 0 Å². The van der Waals surface area contributed by atoms with E-state index in [0.29, 0.717) is 38.2 Å². The van der Waals surface area contributed by atoms with Crippen molar-refractivity contribution in [2.75, 3.05) is 33.4 Å². The second kappa shape index (κ2) is 14.3. The molecule has 2 heterocycles. The molecule has 10 nitrogen and oxygen atoms in total. The van der Waals surface area contributed by atoms with E-state index in [-0.39, 0.29) is 42.5 Å². The lowest BCUT2D eigenvalue weighted by atomic mass is 9.82. The summed E-state index contributed by atoms with van der Waals surface area (Å²) >= 11 is 0.